The maximum Gasteiger partial charge on any atom is 0.416 e. The van der Waals surface area contributed by atoms with Crippen LogP contribution in [0.15, 0.2) is 82.7 Å². The molecule has 0 aromatic heterocycles. The molecule has 0 bridgehead atoms. The zero-order chi connectivity index (χ0) is 24.9. The summed E-state index contributed by atoms with van der Waals surface area (Å²) in [6, 6.07) is 15.7. The molecule has 3 rings (SSSR count). The lowest BCUT2D eigenvalue weighted by molar-refractivity contribution is -0.384. The van der Waals surface area contributed by atoms with Gasteiger partial charge in [-0.1, -0.05) is 36.4 Å². The summed E-state index contributed by atoms with van der Waals surface area (Å²) in [4.78, 5) is 14.2. The lowest BCUT2D eigenvalue weighted by Crippen LogP contribution is -2.23. The number of nitrogens with zero attached hydrogens (tertiary/aromatic N) is 2. The summed E-state index contributed by atoms with van der Waals surface area (Å²) in [5.74, 6) is 0.0676. The molecule has 186 valence electrons. The van der Waals surface area contributed by atoms with E-state index in [4.69, 9.17) is 5.73 Å². The Morgan fingerprint density at radius 2 is 1.60 bits per heavy atom. The van der Waals surface area contributed by atoms with E-state index in [1.807, 2.05) is 0 Å². The Labute approximate surface area is 209 Å². The first-order chi connectivity index (χ1) is 16.0. The number of nitrogens with two attached hydrogens (primary N) is 1. The Hall–Kier alpha value is -3.29. The van der Waals surface area contributed by atoms with Gasteiger partial charge in [-0.3, -0.25) is 15.1 Å². The van der Waals surface area contributed by atoms with Crippen molar-refractivity contribution in [2.45, 2.75) is 24.2 Å². The number of rotatable bonds is 8. The van der Waals surface area contributed by atoms with Crippen molar-refractivity contribution in [3.05, 3.63) is 105 Å². The van der Waals surface area contributed by atoms with Gasteiger partial charge in [0, 0.05) is 24.2 Å². The highest BCUT2D eigenvalue weighted by Crippen LogP contribution is 2.29. The molecule has 0 saturated carbocycles. The number of alkyl halides is 3. The standard InChI is InChI=1S/C22H19F3N4O4S.BrH/c23-22(24,25)18-6-4-17(5-7-18)21(26)27-13-15-2-1-3-16(12-15)14-28-34(32,33)20-10-8-19(9-11-20)29(30)31;/h1-12,28H,13-14H2,(H2,26,27);1H. The van der Waals surface area contributed by atoms with Gasteiger partial charge in [0.05, 0.1) is 21.9 Å². The number of non-ortho nitro benzene ring substituents is 1. The third-order valence-corrected chi connectivity index (χ3v) is 6.17. The summed E-state index contributed by atoms with van der Waals surface area (Å²) in [7, 11) is -3.89. The van der Waals surface area contributed by atoms with Gasteiger partial charge in [0.25, 0.3) is 5.69 Å². The third kappa shape index (κ3) is 7.60. The zero-order valence-corrected chi connectivity index (χ0v) is 20.4. The van der Waals surface area contributed by atoms with Crippen molar-refractivity contribution >= 4 is 38.5 Å². The van der Waals surface area contributed by atoms with E-state index < -0.39 is 26.7 Å². The maximum atomic E-state index is 12.7. The number of amidine groups is 1. The number of nitro groups is 1. The van der Waals surface area contributed by atoms with Crippen LogP contribution in [-0.2, 0) is 29.3 Å². The van der Waals surface area contributed by atoms with Crippen LogP contribution < -0.4 is 10.5 Å². The van der Waals surface area contributed by atoms with Crippen LogP contribution in [0.3, 0.4) is 0 Å². The molecule has 0 fully saturated rings. The molecule has 0 aliphatic heterocycles. The number of hydrogen-bond acceptors (Lipinski definition) is 5. The summed E-state index contributed by atoms with van der Waals surface area (Å²) >= 11 is 0. The van der Waals surface area contributed by atoms with Crippen molar-refractivity contribution < 1.29 is 26.5 Å². The van der Waals surface area contributed by atoms with E-state index in [2.05, 4.69) is 9.71 Å². The van der Waals surface area contributed by atoms with Gasteiger partial charge >= 0.3 is 6.18 Å². The minimum Gasteiger partial charge on any atom is -0.383 e. The number of halogens is 4. The number of sulfonamides is 1. The fourth-order valence-electron chi connectivity index (χ4n) is 2.94. The highest BCUT2D eigenvalue weighted by molar-refractivity contribution is 8.93. The Morgan fingerprint density at radius 3 is 2.17 bits per heavy atom. The molecule has 8 nitrogen and oxygen atoms in total. The first-order valence-electron chi connectivity index (χ1n) is 9.75. The lowest BCUT2D eigenvalue weighted by atomic mass is 10.1. The van der Waals surface area contributed by atoms with Crippen LogP contribution in [0, 0.1) is 10.1 Å². The van der Waals surface area contributed by atoms with E-state index in [0.717, 1.165) is 36.4 Å². The van der Waals surface area contributed by atoms with E-state index in [-0.39, 0.29) is 46.5 Å². The second kappa shape index (κ2) is 11.4. The summed E-state index contributed by atoms with van der Waals surface area (Å²) in [6.45, 7) is 0.0983. The molecule has 0 spiro atoms. The Morgan fingerprint density at radius 1 is 1.00 bits per heavy atom. The van der Waals surface area contributed by atoms with Gasteiger partial charge in [-0.15, -0.1) is 17.0 Å². The number of nitro benzene ring substituents is 1. The van der Waals surface area contributed by atoms with Crippen LogP contribution in [0.4, 0.5) is 18.9 Å². The highest BCUT2D eigenvalue weighted by atomic mass is 79.9. The summed E-state index contributed by atoms with van der Waals surface area (Å²) < 4.78 is 65.3. The minimum atomic E-state index is -4.44. The molecule has 0 atom stereocenters. The zero-order valence-electron chi connectivity index (χ0n) is 17.9. The Bertz CT molecular complexity index is 1310. The van der Waals surface area contributed by atoms with Gasteiger partial charge < -0.3 is 5.73 Å². The van der Waals surface area contributed by atoms with E-state index in [9.17, 15) is 31.7 Å². The van der Waals surface area contributed by atoms with Gasteiger partial charge in [-0.2, -0.15) is 13.2 Å². The molecule has 35 heavy (non-hydrogen) atoms. The Balaban J connectivity index is 0.00000432. The molecule has 0 saturated heterocycles. The quantitative estimate of drug-likeness (QED) is 0.177. The number of aliphatic imine (C=N–C) groups is 1. The average molecular weight is 573 g/mol. The molecule has 0 heterocycles. The smallest absolute Gasteiger partial charge is 0.383 e. The monoisotopic (exact) mass is 572 g/mol. The molecular weight excluding hydrogens is 553 g/mol. The molecule has 13 heteroatoms. The van der Waals surface area contributed by atoms with Crippen molar-refractivity contribution in [2.75, 3.05) is 0 Å². The SMILES string of the molecule is Br.NC(=NCc1cccc(CNS(=O)(=O)c2ccc([N+](=O)[O-])cc2)c1)c1ccc(C(F)(F)F)cc1. The predicted octanol–water partition coefficient (Wildman–Crippen LogP) is 4.58. The highest BCUT2D eigenvalue weighted by Gasteiger charge is 2.30. The molecule has 0 unspecified atom stereocenters. The van der Waals surface area contributed by atoms with Crippen LogP contribution in [-0.4, -0.2) is 19.2 Å². The fourth-order valence-corrected chi connectivity index (χ4v) is 3.96. The maximum absolute atomic E-state index is 12.7. The van der Waals surface area contributed by atoms with Crippen LogP contribution in [0.5, 0.6) is 0 Å². The van der Waals surface area contributed by atoms with Crippen molar-refractivity contribution in [1.82, 2.24) is 4.72 Å². The first kappa shape index (κ1) is 28.0. The van der Waals surface area contributed by atoms with Gasteiger partial charge in [-0.05, 0) is 35.4 Å². The van der Waals surface area contributed by atoms with Crippen LogP contribution >= 0.6 is 17.0 Å². The van der Waals surface area contributed by atoms with Crippen LogP contribution in [0.1, 0.15) is 22.3 Å². The van der Waals surface area contributed by atoms with Crippen molar-refractivity contribution in [2.24, 2.45) is 10.7 Å². The first-order valence-corrected chi connectivity index (χ1v) is 11.2. The Kier molecular flexibility index (Phi) is 9.12. The van der Waals surface area contributed by atoms with E-state index >= 15 is 0 Å². The fraction of sp³-hybridized carbons (Fsp3) is 0.136. The van der Waals surface area contributed by atoms with Crippen molar-refractivity contribution in [3.63, 3.8) is 0 Å². The van der Waals surface area contributed by atoms with E-state index in [0.29, 0.717) is 16.7 Å². The topological polar surface area (TPSA) is 128 Å². The van der Waals surface area contributed by atoms with Gasteiger partial charge in [0.1, 0.15) is 5.84 Å². The van der Waals surface area contributed by atoms with Crippen LogP contribution in [0.2, 0.25) is 0 Å². The van der Waals surface area contributed by atoms with E-state index in [1.54, 1.807) is 24.3 Å². The summed E-state index contributed by atoms with van der Waals surface area (Å²) in [5, 5.41) is 10.7. The minimum absolute atomic E-state index is 0. The largest absolute Gasteiger partial charge is 0.416 e. The summed E-state index contributed by atoms with van der Waals surface area (Å²) in [5.41, 5.74) is 6.57. The second-order valence-electron chi connectivity index (χ2n) is 7.17. The van der Waals surface area contributed by atoms with Gasteiger partial charge in [0.15, 0.2) is 0 Å². The lowest BCUT2D eigenvalue weighted by Gasteiger charge is -2.09. The van der Waals surface area contributed by atoms with Gasteiger partial charge in [-0.25, -0.2) is 13.1 Å². The number of nitrogens with one attached hydrogen (secondary N) is 1. The third-order valence-electron chi connectivity index (χ3n) is 4.76. The van der Waals surface area contributed by atoms with Crippen LogP contribution in [0.25, 0.3) is 0 Å². The van der Waals surface area contributed by atoms with Crippen molar-refractivity contribution in [1.29, 1.82) is 0 Å². The number of hydrogen-bond donors (Lipinski definition) is 2. The second-order valence-corrected chi connectivity index (χ2v) is 8.94. The summed E-state index contributed by atoms with van der Waals surface area (Å²) in [6.07, 6.45) is -4.44. The molecule has 3 aromatic rings. The van der Waals surface area contributed by atoms with E-state index in [1.165, 1.54) is 12.1 Å². The molecular formula is C22H20BrF3N4O4S. The molecule has 0 aliphatic rings. The average Bonchev–Trinajstić information content (AvgIpc) is 2.81. The van der Waals surface area contributed by atoms with Crippen molar-refractivity contribution in [3.8, 4) is 0 Å². The molecule has 0 aliphatic carbocycles. The molecule has 3 N–H and O–H groups in total. The molecule has 0 amide bonds. The number of benzene rings is 3. The predicted molar refractivity (Wildman–Crippen MR) is 130 cm³/mol. The normalized spacial score (nSPS) is 12.1. The molecule has 3 aromatic carbocycles. The van der Waals surface area contributed by atoms with Gasteiger partial charge in [0.2, 0.25) is 10.0 Å². The molecule has 0 radical (unpaired) electrons.